The molecule has 0 aromatic heterocycles. The molecule has 1 aliphatic rings. The van der Waals surface area contributed by atoms with Gasteiger partial charge in [-0.1, -0.05) is 12.1 Å². The summed E-state index contributed by atoms with van der Waals surface area (Å²) in [5.74, 6) is -4.83. The minimum atomic E-state index is -3.38. The second-order valence-corrected chi connectivity index (χ2v) is 6.24. The molecule has 3 rings (SSSR count). The molecule has 2 aromatic rings. The zero-order valence-electron chi connectivity index (χ0n) is 15.9. The molecule has 0 fully saturated rings. The van der Waals surface area contributed by atoms with Gasteiger partial charge in [0, 0.05) is 6.07 Å². The first-order valence-corrected chi connectivity index (χ1v) is 8.85. The van der Waals surface area contributed by atoms with Crippen molar-refractivity contribution < 1.29 is 51.0 Å². The summed E-state index contributed by atoms with van der Waals surface area (Å²) in [5.41, 5.74) is -0.261. The lowest BCUT2D eigenvalue weighted by Gasteiger charge is -2.14. The van der Waals surface area contributed by atoms with Crippen LogP contribution in [0.15, 0.2) is 42.5 Å². The highest BCUT2D eigenvalue weighted by molar-refractivity contribution is 6.22. The fourth-order valence-corrected chi connectivity index (χ4v) is 2.88. The van der Waals surface area contributed by atoms with Crippen LogP contribution in [0.4, 0.5) is 17.6 Å². The average molecular weight is 455 g/mol. The Kier molecular flexibility index (Phi) is 6.71. The molecule has 0 unspecified atom stereocenters. The van der Waals surface area contributed by atoms with Gasteiger partial charge in [-0.3, -0.25) is 24.1 Å². The van der Waals surface area contributed by atoms with E-state index in [9.17, 15) is 36.7 Å². The molecule has 8 nitrogen and oxygen atoms in total. The highest BCUT2D eigenvalue weighted by atomic mass is 19.3. The van der Waals surface area contributed by atoms with Crippen LogP contribution in [0.3, 0.4) is 0 Å². The average Bonchev–Trinajstić information content (AvgIpc) is 2.96. The van der Waals surface area contributed by atoms with Crippen molar-refractivity contribution in [3.8, 4) is 11.5 Å². The molecular formula is C20H13F4NO7. The van der Waals surface area contributed by atoms with Crippen LogP contribution in [-0.2, 0) is 9.53 Å². The topological polar surface area (TPSA) is 99.2 Å². The maximum absolute atomic E-state index is 12.6. The van der Waals surface area contributed by atoms with E-state index >= 15 is 0 Å². The van der Waals surface area contributed by atoms with Gasteiger partial charge in [0.05, 0.1) is 16.7 Å². The van der Waals surface area contributed by atoms with Gasteiger partial charge in [0.1, 0.15) is 18.0 Å². The van der Waals surface area contributed by atoms with E-state index in [1.54, 1.807) is 12.1 Å². The number of amides is 2. The fraction of sp³-hybridized carbons (Fsp3) is 0.200. The third-order valence-electron chi connectivity index (χ3n) is 4.22. The van der Waals surface area contributed by atoms with Crippen molar-refractivity contribution in [2.75, 3.05) is 13.2 Å². The van der Waals surface area contributed by atoms with Gasteiger partial charge in [-0.05, 0) is 24.3 Å². The van der Waals surface area contributed by atoms with Crippen molar-refractivity contribution in [3.63, 3.8) is 0 Å². The lowest BCUT2D eigenvalue weighted by molar-refractivity contribution is -0.142. The Bertz CT molecular complexity index is 1040. The number of esters is 1. The first-order valence-electron chi connectivity index (χ1n) is 8.85. The summed E-state index contributed by atoms with van der Waals surface area (Å²) >= 11 is 0. The van der Waals surface area contributed by atoms with E-state index in [1.807, 2.05) is 0 Å². The van der Waals surface area contributed by atoms with Crippen LogP contribution in [-0.4, -0.2) is 54.8 Å². The SMILES string of the molecule is O=C(CN1C(=O)c2ccccc2C1=O)OCC(=O)c1ccc(OC(F)F)cc1OC(F)F. The summed E-state index contributed by atoms with van der Waals surface area (Å²) in [5, 5.41) is 0. The number of benzene rings is 2. The van der Waals surface area contributed by atoms with Crippen LogP contribution in [0.25, 0.3) is 0 Å². The molecule has 0 N–H and O–H groups in total. The summed E-state index contributed by atoms with van der Waals surface area (Å²) in [6.07, 6.45) is 0. The first-order chi connectivity index (χ1) is 15.2. The van der Waals surface area contributed by atoms with Crippen molar-refractivity contribution in [2.45, 2.75) is 13.2 Å². The molecule has 0 radical (unpaired) electrons. The normalized spacial score (nSPS) is 12.9. The number of alkyl halides is 4. The maximum atomic E-state index is 12.6. The number of fused-ring (bicyclic) bond motifs is 1. The van der Waals surface area contributed by atoms with Crippen LogP contribution >= 0.6 is 0 Å². The Morgan fingerprint density at radius 3 is 2.03 bits per heavy atom. The first kappa shape index (κ1) is 22.7. The zero-order chi connectivity index (χ0) is 23.4. The Hall–Kier alpha value is -3.96. The predicted molar refractivity (Wildman–Crippen MR) is 96.8 cm³/mol. The maximum Gasteiger partial charge on any atom is 0.387 e. The van der Waals surface area contributed by atoms with E-state index in [2.05, 4.69) is 9.47 Å². The molecule has 0 aliphatic carbocycles. The summed E-state index contributed by atoms with van der Waals surface area (Å²) in [6, 6.07) is 8.37. The van der Waals surface area contributed by atoms with Crippen molar-refractivity contribution >= 4 is 23.6 Å². The highest BCUT2D eigenvalue weighted by Crippen LogP contribution is 2.28. The highest BCUT2D eigenvalue weighted by Gasteiger charge is 2.36. The number of imide groups is 1. The number of carbonyl (C=O) groups is 4. The summed E-state index contributed by atoms with van der Waals surface area (Å²) in [4.78, 5) is 49.4. The second kappa shape index (κ2) is 9.45. The molecule has 32 heavy (non-hydrogen) atoms. The standard InChI is InChI=1S/C20H13F4NO7/c21-19(22)31-10-5-6-13(15(7-10)32-20(23)24)14(26)9-30-16(27)8-25-17(28)11-3-1-2-4-12(11)18(25)29/h1-7,19-20H,8-9H2. The molecule has 12 heteroatoms. The third kappa shape index (κ3) is 5.02. The molecule has 168 valence electrons. The van der Waals surface area contributed by atoms with Crippen molar-refractivity contribution in [1.82, 2.24) is 4.90 Å². The fourth-order valence-electron chi connectivity index (χ4n) is 2.88. The largest absolute Gasteiger partial charge is 0.456 e. The minimum absolute atomic E-state index is 0.112. The van der Waals surface area contributed by atoms with Gasteiger partial charge in [0.2, 0.25) is 5.78 Å². The Morgan fingerprint density at radius 1 is 0.875 bits per heavy atom. The Balaban J connectivity index is 1.64. The zero-order valence-corrected chi connectivity index (χ0v) is 15.9. The summed E-state index contributed by atoms with van der Waals surface area (Å²) in [7, 11) is 0. The number of carbonyl (C=O) groups excluding carboxylic acids is 4. The van der Waals surface area contributed by atoms with Crippen molar-refractivity contribution in [1.29, 1.82) is 0 Å². The van der Waals surface area contributed by atoms with Crippen LogP contribution < -0.4 is 9.47 Å². The van der Waals surface area contributed by atoms with Crippen LogP contribution in [0, 0.1) is 0 Å². The lowest BCUT2D eigenvalue weighted by atomic mass is 10.1. The van der Waals surface area contributed by atoms with E-state index in [-0.39, 0.29) is 11.1 Å². The summed E-state index contributed by atoms with van der Waals surface area (Å²) < 4.78 is 62.8. The monoisotopic (exact) mass is 455 g/mol. The summed E-state index contributed by atoms with van der Waals surface area (Å²) in [6.45, 7) is -8.34. The number of rotatable bonds is 9. The molecule has 1 heterocycles. The predicted octanol–water partition coefficient (Wildman–Crippen LogP) is 2.91. The molecule has 0 bridgehead atoms. The molecular weight excluding hydrogens is 442 g/mol. The van der Waals surface area contributed by atoms with Crippen LogP contribution in [0.2, 0.25) is 0 Å². The molecule has 0 saturated heterocycles. The van der Waals surface area contributed by atoms with Gasteiger partial charge in [-0.15, -0.1) is 0 Å². The molecule has 2 amide bonds. The van der Waals surface area contributed by atoms with E-state index in [0.29, 0.717) is 11.0 Å². The van der Waals surface area contributed by atoms with Gasteiger partial charge in [-0.2, -0.15) is 17.6 Å². The Labute approximate surface area is 177 Å². The Morgan fingerprint density at radius 2 is 1.47 bits per heavy atom. The van der Waals surface area contributed by atoms with Gasteiger partial charge in [0.25, 0.3) is 11.8 Å². The number of ether oxygens (including phenoxy) is 3. The number of hydrogen-bond acceptors (Lipinski definition) is 7. The van der Waals surface area contributed by atoms with Crippen LogP contribution in [0.5, 0.6) is 11.5 Å². The van der Waals surface area contributed by atoms with Crippen LogP contribution in [0.1, 0.15) is 31.1 Å². The molecule has 2 aromatic carbocycles. The van der Waals surface area contributed by atoms with E-state index in [0.717, 1.165) is 12.1 Å². The second-order valence-electron chi connectivity index (χ2n) is 6.24. The van der Waals surface area contributed by atoms with Gasteiger partial charge < -0.3 is 14.2 Å². The molecule has 0 atom stereocenters. The van der Waals surface area contributed by atoms with Gasteiger partial charge >= 0.3 is 19.2 Å². The van der Waals surface area contributed by atoms with Crippen molar-refractivity contribution in [2.24, 2.45) is 0 Å². The molecule has 0 saturated carbocycles. The smallest absolute Gasteiger partial charge is 0.387 e. The lowest BCUT2D eigenvalue weighted by Crippen LogP contribution is -2.36. The van der Waals surface area contributed by atoms with E-state index < -0.39 is 67.0 Å². The third-order valence-corrected chi connectivity index (χ3v) is 4.22. The van der Waals surface area contributed by atoms with Gasteiger partial charge in [0.15, 0.2) is 6.61 Å². The number of Topliss-reactive ketones (excluding diaryl/α,β-unsaturated/α-hetero) is 1. The van der Waals surface area contributed by atoms with Crippen molar-refractivity contribution in [3.05, 3.63) is 59.2 Å². The number of nitrogens with zero attached hydrogens (tertiary/aromatic N) is 1. The number of halogens is 4. The van der Waals surface area contributed by atoms with E-state index in [1.165, 1.54) is 12.1 Å². The quantitative estimate of drug-likeness (QED) is 0.248. The molecule has 0 spiro atoms. The van der Waals surface area contributed by atoms with Gasteiger partial charge in [-0.25, -0.2) is 0 Å². The van der Waals surface area contributed by atoms with E-state index in [4.69, 9.17) is 4.74 Å². The molecule has 1 aliphatic heterocycles. The minimum Gasteiger partial charge on any atom is -0.456 e. The number of ketones is 1. The number of hydrogen-bond donors (Lipinski definition) is 0.